The minimum absolute atomic E-state index is 0.159. The molecule has 0 aromatic heterocycles. The summed E-state index contributed by atoms with van der Waals surface area (Å²) in [6, 6.07) is 0. The molecule has 0 aliphatic carbocycles. The molecule has 0 saturated heterocycles. The van der Waals surface area contributed by atoms with E-state index < -0.39 is 7.60 Å². The summed E-state index contributed by atoms with van der Waals surface area (Å²) < 4.78 is 25.2. The van der Waals surface area contributed by atoms with E-state index in [1.165, 1.54) is 21.3 Å². The van der Waals surface area contributed by atoms with E-state index >= 15 is 0 Å². The van der Waals surface area contributed by atoms with Crippen molar-refractivity contribution in [2.75, 3.05) is 27.5 Å². The quantitative estimate of drug-likeness (QED) is 0.479. The molecule has 0 heterocycles. The van der Waals surface area contributed by atoms with Gasteiger partial charge in [0, 0.05) is 27.1 Å². The Labute approximate surface area is 94.8 Å². The number of Topliss-reactive ketones (excluding diaryl/α,β-unsaturated/α-hetero) is 1. The lowest BCUT2D eigenvalue weighted by atomic mass is 10.2. The minimum atomic E-state index is -3.27. The first-order chi connectivity index (χ1) is 7.47. The first kappa shape index (κ1) is 15.3. The number of rotatable bonds is 8. The molecule has 0 rings (SSSR count). The Hall–Kier alpha value is -0.710. The molecule has 6 nitrogen and oxygen atoms in total. The van der Waals surface area contributed by atoms with Gasteiger partial charge in [-0.25, -0.2) is 0 Å². The number of hydrogen-bond donors (Lipinski definition) is 0. The minimum Gasteiger partial charge on any atom is -0.469 e. The Morgan fingerprint density at radius 3 is 2.06 bits per heavy atom. The van der Waals surface area contributed by atoms with E-state index in [9.17, 15) is 14.2 Å². The molecule has 0 aliphatic heterocycles. The van der Waals surface area contributed by atoms with Crippen LogP contribution in [-0.4, -0.2) is 39.2 Å². The van der Waals surface area contributed by atoms with E-state index in [1.54, 1.807) is 0 Å². The second kappa shape index (κ2) is 7.54. The van der Waals surface area contributed by atoms with Crippen LogP contribution in [0.4, 0.5) is 0 Å². The topological polar surface area (TPSA) is 78.9 Å². The van der Waals surface area contributed by atoms with Gasteiger partial charge in [-0.1, -0.05) is 0 Å². The third-order valence-electron chi connectivity index (χ3n) is 1.99. The van der Waals surface area contributed by atoms with Gasteiger partial charge in [-0.15, -0.1) is 0 Å². The van der Waals surface area contributed by atoms with E-state index in [2.05, 4.69) is 13.8 Å². The molecule has 0 aliphatic rings. The predicted molar refractivity (Wildman–Crippen MR) is 57.4 cm³/mol. The maximum absolute atomic E-state index is 11.6. The highest BCUT2D eigenvalue weighted by Crippen LogP contribution is 2.46. The van der Waals surface area contributed by atoms with Crippen LogP contribution in [0.1, 0.15) is 19.3 Å². The molecular formula is C9H17O6P. The summed E-state index contributed by atoms with van der Waals surface area (Å²) in [5.74, 6) is -0.620. The van der Waals surface area contributed by atoms with Gasteiger partial charge >= 0.3 is 13.6 Å². The zero-order valence-corrected chi connectivity index (χ0v) is 10.6. The van der Waals surface area contributed by atoms with Gasteiger partial charge in [-0.3, -0.25) is 14.2 Å². The summed E-state index contributed by atoms with van der Waals surface area (Å²) in [6.07, 6.45) is 0.443. The van der Waals surface area contributed by atoms with Crippen molar-refractivity contribution >= 4 is 19.3 Å². The van der Waals surface area contributed by atoms with Crippen molar-refractivity contribution in [3.8, 4) is 0 Å². The van der Waals surface area contributed by atoms with Crippen molar-refractivity contribution in [1.29, 1.82) is 0 Å². The van der Waals surface area contributed by atoms with Gasteiger partial charge in [0.1, 0.15) is 11.9 Å². The zero-order chi connectivity index (χ0) is 12.6. The van der Waals surface area contributed by atoms with Gasteiger partial charge in [0.15, 0.2) is 0 Å². The normalized spacial score (nSPS) is 11.2. The van der Waals surface area contributed by atoms with E-state index in [1.807, 2.05) is 0 Å². The third-order valence-corrected chi connectivity index (χ3v) is 3.84. The summed E-state index contributed by atoms with van der Waals surface area (Å²) in [7, 11) is 0.468. The molecule has 0 radical (unpaired) electrons. The molecule has 0 N–H and O–H groups in total. The lowest BCUT2D eigenvalue weighted by molar-refractivity contribution is -0.140. The van der Waals surface area contributed by atoms with E-state index in [0.29, 0.717) is 6.42 Å². The second-order valence-corrected chi connectivity index (χ2v) is 5.37. The van der Waals surface area contributed by atoms with Gasteiger partial charge in [-0.2, -0.15) is 0 Å². The monoisotopic (exact) mass is 252 g/mol. The predicted octanol–water partition coefficient (Wildman–Crippen LogP) is 1.38. The highest BCUT2D eigenvalue weighted by Gasteiger charge is 2.24. The SMILES string of the molecule is COC(=O)CCCC(=O)CP(=O)(OC)OC. The van der Waals surface area contributed by atoms with Crippen molar-refractivity contribution in [1.82, 2.24) is 0 Å². The van der Waals surface area contributed by atoms with Crippen molar-refractivity contribution in [2.45, 2.75) is 19.3 Å². The fourth-order valence-electron chi connectivity index (χ4n) is 1.03. The molecule has 0 aromatic carbocycles. The summed E-state index contributed by atoms with van der Waals surface area (Å²) in [6.45, 7) is 0. The first-order valence-electron chi connectivity index (χ1n) is 4.76. The first-order valence-corrected chi connectivity index (χ1v) is 6.49. The van der Waals surface area contributed by atoms with Gasteiger partial charge < -0.3 is 13.8 Å². The largest absolute Gasteiger partial charge is 0.469 e. The average Bonchev–Trinajstić information content (AvgIpc) is 2.28. The van der Waals surface area contributed by atoms with Gasteiger partial charge in [0.2, 0.25) is 0 Å². The lowest BCUT2D eigenvalue weighted by Gasteiger charge is -2.12. The molecule has 0 atom stereocenters. The number of ether oxygens (including phenoxy) is 1. The molecule has 0 bridgehead atoms. The Bertz CT molecular complexity index is 280. The van der Waals surface area contributed by atoms with Crippen LogP contribution in [0.15, 0.2) is 0 Å². The molecule has 94 valence electrons. The van der Waals surface area contributed by atoms with Crippen LogP contribution in [0.2, 0.25) is 0 Å². The Kier molecular flexibility index (Phi) is 7.21. The average molecular weight is 252 g/mol. The fourth-order valence-corrected chi connectivity index (χ4v) is 2.03. The van der Waals surface area contributed by atoms with Gasteiger partial charge in [-0.05, 0) is 6.42 Å². The Morgan fingerprint density at radius 1 is 1.06 bits per heavy atom. The smallest absolute Gasteiger partial charge is 0.337 e. The van der Waals surface area contributed by atoms with Crippen molar-refractivity contribution < 1.29 is 27.9 Å². The van der Waals surface area contributed by atoms with E-state index in [0.717, 1.165) is 0 Å². The molecule has 0 spiro atoms. The highest BCUT2D eigenvalue weighted by atomic mass is 31.2. The van der Waals surface area contributed by atoms with E-state index in [4.69, 9.17) is 0 Å². The number of hydrogen-bond acceptors (Lipinski definition) is 6. The summed E-state index contributed by atoms with van der Waals surface area (Å²) in [5.41, 5.74) is 0. The number of methoxy groups -OCH3 is 1. The Balaban J connectivity index is 3.91. The number of ketones is 1. The lowest BCUT2D eigenvalue weighted by Crippen LogP contribution is -2.09. The molecular weight excluding hydrogens is 235 g/mol. The maximum atomic E-state index is 11.6. The van der Waals surface area contributed by atoms with Crippen LogP contribution >= 0.6 is 7.60 Å². The van der Waals surface area contributed by atoms with Gasteiger partial charge in [0.05, 0.1) is 7.11 Å². The van der Waals surface area contributed by atoms with Crippen molar-refractivity contribution in [2.24, 2.45) is 0 Å². The third kappa shape index (κ3) is 6.00. The van der Waals surface area contributed by atoms with E-state index in [-0.39, 0.29) is 30.8 Å². The second-order valence-electron chi connectivity index (χ2n) is 3.10. The molecule has 0 amide bonds. The van der Waals surface area contributed by atoms with Crippen molar-refractivity contribution in [3.63, 3.8) is 0 Å². The molecule has 7 heteroatoms. The van der Waals surface area contributed by atoms with Crippen LogP contribution in [-0.2, 0) is 27.9 Å². The maximum Gasteiger partial charge on any atom is 0.337 e. The molecule has 16 heavy (non-hydrogen) atoms. The van der Waals surface area contributed by atoms with Crippen LogP contribution < -0.4 is 0 Å². The summed E-state index contributed by atoms with van der Waals surface area (Å²) in [5, 5.41) is 0. The van der Waals surface area contributed by atoms with Crippen LogP contribution in [0.3, 0.4) is 0 Å². The molecule has 0 fully saturated rings. The summed E-state index contributed by atoms with van der Waals surface area (Å²) in [4.78, 5) is 22.1. The summed E-state index contributed by atoms with van der Waals surface area (Å²) >= 11 is 0. The Morgan fingerprint density at radius 2 is 1.62 bits per heavy atom. The number of carbonyl (C=O) groups is 2. The van der Waals surface area contributed by atoms with Crippen LogP contribution in [0.5, 0.6) is 0 Å². The molecule has 0 saturated carbocycles. The van der Waals surface area contributed by atoms with Crippen molar-refractivity contribution in [3.05, 3.63) is 0 Å². The molecule has 0 unspecified atom stereocenters. The zero-order valence-electron chi connectivity index (χ0n) is 9.73. The van der Waals surface area contributed by atoms with Crippen LogP contribution in [0, 0.1) is 0 Å². The van der Waals surface area contributed by atoms with Gasteiger partial charge in [0.25, 0.3) is 0 Å². The standard InChI is InChI=1S/C9H17O6P/c1-13-9(11)6-4-5-8(10)7-16(12,14-2)15-3/h4-7H2,1-3H3. The van der Waals surface area contributed by atoms with Crippen LogP contribution in [0.25, 0.3) is 0 Å². The number of esters is 1. The molecule has 0 aromatic rings. The highest BCUT2D eigenvalue weighted by molar-refractivity contribution is 7.54. The fraction of sp³-hybridized carbons (Fsp3) is 0.778. The number of carbonyl (C=O) groups excluding carboxylic acids is 2.